The molecule has 0 fully saturated rings. The van der Waals surface area contributed by atoms with E-state index in [1.807, 2.05) is 30.3 Å². The SMILES string of the molecule is C[S+]([O-])c1ccccc1-c1cnc(N)c(C2NN=C(C3=CC(CN)=CCC3)O2)n1. The van der Waals surface area contributed by atoms with Gasteiger partial charge in [-0.15, -0.1) is 5.10 Å². The van der Waals surface area contributed by atoms with Gasteiger partial charge in [0, 0.05) is 12.1 Å². The van der Waals surface area contributed by atoms with Crippen LogP contribution in [-0.4, -0.2) is 33.2 Å². The second-order valence-electron chi connectivity index (χ2n) is 6.71. The fourth-order valence-electron chi connectivity index (χ4n) is 3.29. The molecule has 0 saturated carbocycles. The van der Waals surface area contributed by atoms with Gasteiger partial charge in [-0.3, -0.25) is 5.43 Å². The van der Waals surface area contributed by atoms with Gasteiger partial charge in [0.25, 0.3) is 0 Å². The molecule has 1 aliphatic carbocycles. The summed E-state index contributed by atoms with van der Waals surface area (Å²) in [7, 11) is 0. The van der Waals surface area contributed by atoms with E-state index in [0.29, 0.717) is 28.7 Å². The topological polar surface area (TPSA) is 134 Å². The van der Waals surface area contributed by atoms with Gasteiger partial charge in [-0.1, -0.05) is 18.2 Å². The first-order valence-corrected chi connectivity index (χ1v) is 10.8. The van der Waals surface area contributed by atoms with Crippen LogP contribution < -0.4 is 16.9 Å². The molecule has 150 valence electrons. The van der Waals surface area contributed by atoms with E-state index in [2.05, 4.69) is 26.6 Å². The normalized spacial score (nSPS) is 19.6. The fourth-order valence-corrected chi connectivity index (χ4v) is 4.04. The summed E-state index contributed by atoms with van der Waals surface area (Å²) in [6.07, 6.45) is 8.40. The van der Waals surface area contributed by atoms with Crippen molar-refractivity contribution in [3.63, 3.8) is 0 Å². The van der Waals surface area contributed by atoms with Crippen LogP contribution >= 0.6 is 0 Å². The molecular formula is C20H22N6O2S. The zero-order chi connectivity index (χ0) is 20.4. The molecule has 2 heterocycles. The number of hydrazone groups is 1. The van der Waals surface area contributed by atoms with Crippen molar-refractivity contribution in [1.29, 1.82) is 0 Å². The maximum Gasteiger partial charge on any atom is 0.236 e. The Hall–Kier alpha value is -2.88. The third-order valence-electron chi connectivity index (χ3n) is 4.75. The summed E-state index contributed by atoms with van der Waals surface area (Å²) in [5.41, 5.74) is 18.5. The highest BCUT2D eigenvalue weighted by Crippen LogP contribution is 2.30. The minimum absolute atomic E-state index is 0.248. The molecule has 2 unspecified atom stereocenters. The van der Waals surface area contributed by atoms with Gasteiger partial charge in [0.15, 0.2) is 10.7 Å². The number of ether oxygens (including phenoxy) is 1. The Bertz CT molecular complexity index is 1020. The molecule has 1 aromatic heterocycles. The van der Waals surface area contributed by atoms with Gasteiger partial charge < -0.3 is 20.8 Å². The second kappa shape index (κ2) is 8.24. The van der Waals surface area contributed by atoms with E-state index in [9.17, 15) is 4.55 Å². The number of hydrogen-bond donors (Lipinski definition) is 3. The number of rotatable bonds is 5. The van der Waals surface area contributed by atoms with Gasteiger partial charge in [0.1, 0.15) is 11.9 Å². The second-order valence-corrected chi connectivity index (χ2v) is 8.06. The highest BCUT2D eigenvalue weighted by atomic mass is 32.2. The van der Waals surface area contributed by atoms with E-state index < -0.39 is 17.4 Å². The molecule has 8 nitrogen and oxygen atoms in total. The summed E-state index contributed by atoms with van der Waals surface area (Å²) >= 11 is -1.16. The Morgan fingerprint density at radius 2 is 2.17 bits per heavy atom. The van der Waals surface area contributed by atoms with E-state index in [1.165, 1.54) is 0 Å². The molecule has 5 N–H and O–H groups in total. The first-order chi connectivity index (χ1) is 14.1. The molecule has 2 aromatic rings. The predicted molar refractivity (Wildman–Crippen MR) is 113 cm³/mol. The van der Waals surface area contributed by atoms with Crippen LogP contribution in [0.2, 0.25) is 0 Å². The van der Waals surface area contributed by atoms with Crippen molar-refractivity contribution in [2.45, 2.75) is 24.0 Å². The number of nitrogens with one attached hydrogen (secondary N) is 1. The third kappa shape index (κ3) is 3.98. The van der Waals surface area contributed by atoms with E-state index >= 15 is 0 Å². The van der Waals surface area contributed by atoms with E-state index in [4.69, 9.17) is 16.2 Å². The average molecular weight is 411 g/mol. The van der Waals surface area contributed by atoms with Crippen LogP contribution in [-0.2, 0) is 15.9 Å². The van der Waals surface area contributed by atoms with E-state index in [0.717, 1.165) is 29.6 Å². The maximum atomic E-state index is 12.1. The molecule has 0 radical (unpaired) electrons. The molecule has 4 rings (SSSR count). The molecule has 0 spiro atoms. The molecule has 1 aromatic carbocycles. The molecule has 2 atom stereocenters. The lowest BCUT2D eigenvalue weighted by molar-refractivity contribution is 0.186. The number of hydrogen-bond acceptors (Lipinski definition) is 8. The number of anilines is 1. The molecule has 0 amide bonds. The van der Waals surface area contributed by atoms with Crippen molar-refractivity contribution in [3.8, 4) is 11.3 Å². The Morgan fingerprint density at radius 3 is 2.97 bits per heavy atom. The Labute approximate surface area is 171 Å². The summed E-state index contributed by atoms with van der Waals surface area (Å²) in [5, 5.41) is 4.31. The van der Waals surface area contributed by atoms with Gasteiger partial charge in [-0.05, 0) is 47.8 Å². The Morgan fingerprint density at radius 1 is 1.34 bits per heavy atom. The minimum atomic E-state index is -1.16. The summed E-state index contributed by atoms with van der Waals surface area (Å²) in [6, 6.07) is 7.38. The van der Waals surface area contributed by atoms with Crippen LogP contribution in [0.15, 0.2) is 63.8 Å². The van der Waals surface area contributed by atoms with Gasteiger partial charge in [-0.25, -0.2) is 9.97 Å². The number of allylic oxidation sites excluding steroid dienone is 1. The van der Waals surface area contributed by atoms with Crippen molar-refractivity contribution in [1.82, 2.24) is 15.4 Å². The molecule has 29 heavy (non-hydrogen) atoms. The summed E-state index contributed by atoms with van der Waals surface area (Å²) < 4.78 is 18.1. The first kappa shape index (κ1) is 19.4. The fraction of sp³-hybridized carbons (Fsp3) is 0.250. The average Bonchev–Trinajstić information content (AvgIpc) is 3.24. The Kier molecular flexibility index (Phi) is 5.52. The lowest BCUT2D eigenvalue weighted by Gasteiger charge is -2.16. The minimum Gasteiger partial charge on any atom is -0.612 e. The first-order valence-electron chi connectivity index (χ1n) is 9.22. The molecule has 9 heteroatoms. The van der Waals surface area contributed by atoms with Crippen LogP contribution in [0.4, 0.5) is 5.82 Å². The van der Waals surface area contributed by atoms with Crippen LogP contribution in [0.25, 0.3) is 11.3 Å². The standard InChI is InChI=1S/C20H22N6O2S/c1-29(27)16-8-3-2-7-14(16)15-11-23-18(22)17(24-15)20-26-25-19(28-20)13-6-4-5-12(9-13)10-21/h2-3,5,7-9,11,20,26H,4,6,10,21H2,1H3,(H2,22,23). The number of nitrogens with zero attached hydrogens (tertiary/aromatic N) is 3. The van der Waals surface area contributed by atoms with Crippen molar-refractivity contribution in [2.75, 3.05) is 18.5 Å². The van der Waals surface area contributed by atoms with Gasteiger partial charge in [0.2, 0.25) is 12.1 Å². The lowest BCUT2D eigenvalue weighted by Crippen LogP contribution is -2.18. The quantitative estimate of drug-likeness (QED) is 0.642. The van der Waals surface area contributed by atoms with Crippen molar-refractivity contribution >= 4 is 22.9 Å². The van der Waals surface area contributed by atoms with Crippen LogP contribution in [0.3, 0.4) is 0 Å². The molecule has 0 bridgehead atoms. The van der Waals surface area contributed by atoms with Crippen molar-refractivity contribution in [3.05, 3.63) is 59.5 Å². The van der Waals surface area contributed by atoms with Gasteiger partial charge in [0.05, 0.1) is 17.5 Å². The van der Waals surface area contributed by atoms with E-state index in [-0.39, 0.29) is 5.82 Å². The van der Waals surface area contributed by atoms with Crippen LogP contribution in [0, 0.1) is 0 Å². The van der Waals surface area contributed by atoms with Crippen molar-refractivity contribution in [2.24, 2.45) is 10.8 Å². The molecular weight excluding hydrogens is 388 g/mol. The van der Waals surface area contributed by atoms with Crippen molar-refractivity contribution < 1.29 is 9.29 Å². The van der Waals surface area contributed by atoms with Crippen LogP contribution in [0.5, 0.6) is 0 Å². The lowest BCUT2D eigenvalue weighted by atomic mass is 9.99. The zero-order valence-corrected chi connectivity index (χ0v) is 16.8. The number of benzene rings is 1. The molecule has 2 aliphatic rings. The van der Waals surface area contributed by atoms with E-state index in [1.54, 1.807) is 12.5 Å². The monoisotopic (exact) mass is 410 g/mol. The highest BCUT2D eigenvalue weighted by molar-refractivity contribution is 7.90. The summed E-state index contributed by atoms with van der Waals surface area (Å²) in [4.78, 5) is 9.60. The summed E-state index contributed by atoms with van der Waals surface area (Å²) in [6.45, 7) is 0.478. The zero-order valence-electron chi connectivity index (χ0n) is 16.0. The number of nitrogens with two attached hydrogens (primary N) is 2. The predicted octanol–water partition coefficient (Wildman–Crippen LogP) is 2.00. The highest BCUT2D eigenvalue weighted by Gasteiger charge is 2.28. The third-order valence-corrected chi connectivity index (χ3v) is 5.73. The summed E-state index contributed by atoms with van der Waals surface area (Å²) in [5.74, 6) is 0.758. The molecule has 1 aliphatic heterocycles. The smallest absolute Gasteiger partial charge is 0.236 e. The number of nitrogen functional groups attached to an aromatic ring is 1. The Balaban J connectivity index is 1.61. The van der Waals surface area contributed by atoms with Gasteiger partial charge >= 0.3 is 0 Å². The largest absolute Gasteiger partial charge is 0.612 e. The van der Waals surface area contributed by atoms with Crippen LogP contribution in [0.1, 0.15) is 24.8 Å². The molecule has 0 saturated heterocycles. The maximum absolute atomic E-state index is 12.1. The van der Waals surface area contributed by atoms with Gasteiger partial charge in [-0.2, -0.15) is 0 Å². The number of aromatic nitrogens is 2.